The Hall–Kier alpha value is -1.90. The van der Waals surface area contributed by atoms with E-state index >= 15 is 0 Å². The van der Waals surface area contributed by atoms with Crippen molar-refractivity contribution in [3.8, 4) is 11.4 Å². The lowest BCUT2D eigenvalue weighted by molar-refractivity contribution is 1.10. The number of hydrogen-bond donors (Lipinski definition) is 1. The molecule has 0 saturated carbocycles. The smallest absolute Gasteiger partial charge is 0.162 e. The van der Waals surface area contributed by atoms with Gasteiger partial charge in [0.1, 0.15) is 5.82 Å². The van der Waals surface area contributed by atoms with Crippen molar-refractivity contribution in [3.63, 3.8) is 0 Å². The van der Waals surface area contributed by atoms with E-state index in [1.54, 1.807) is 6.07 Å². The number of anilines is 1. The second kappa shape index (κ2) is 4.41. The first kappa shape index (κ1) is 12.6. The maximum absolute atomic E-state index is 5.82. The predicted octanol–water partition coefficient (Wildman–Crippen LogP) is 3.27. The number of aryl methyl sites for hydroxylation is 3. The van der Waals surface area contributed by atoms with E-state index in [0.29, 0.717) is 5.82 Å². The maximum atomic E-state index is 5.82. The van der Waals surface area contributed by atoms with Gasteiger partial charge in [-0.25, -0.2) is 9.97 Å². The van der Waals surface area contributed by atoms with Gasteiger partial charge in [0.05, 0.1) is 0 Å². The van der Waals surface area contributed by atoms with Gasteiger partial charge < -0.3 is 5.73 Å². The lowest BCUT2D eigenvalue weighted by Crippen LogP contribution is -2.02. The van der Waals surface area contributed by atoms with Crippen molar-refractivity contribution in [2.75, 3.05) is 5.73 Å². The fourth-order valence-electron chi connectivity index (χ4n) is 2.26. The zero-order valence-corrected chi connectivity index (χ0v) is 11.6. The van der Waals surface area contributed by atoms with E-state index in [1.807, 2.05) is 6.92 Å². The lowest BCUT2D eigenvalue weighted by Gasteiger charge is -2.14. The predicted molar refractivity (Wildman–Crippen MR) is 75.6 cm³/mol. The standard InChI is InChI=1S/C15H19N3/c1-8-6-9(2)12(5)14(11(8)4)15-17-10(3)7-13(16)18-15/h6-7H,1-5H3,(H2,16,17,18). The second-order valence-electron chi connectivity index (χ2n) is 4.89. The van der Waals surface area contributed by atoms with Crippen LogP contribution in [0.15, 0.2) is 12.1 Å². The number of rotatable bonds is 1. The van der Waals surface area contributed by atoms with Crippen LogP contribution in [0.3, 0.4) is 0 Å². The van der Waals surface area contributed by atoms with Crippen LogP contribution in [0.4, 0.5) is 5.82 Å². The van der Waals surface area contributed by atoms with Crippen molar-refractivity contribution >= 4 is 5.82 Å². The largest absolute Gasteiger partial charge is 0.384 e. The first-order valence-corrected chi connectivity index (χ1v) is 6.09. The van der Waals surface area contributed by atoms with E-state index in [-0.39, 0.29) is 0 Å². The number of nitrogen functional groups attached to an aromatic ring is 1. The molecule has 0 atom stereocenters. The van der Waals surface area contributed by atoms with Crippen LogP contribution in [0, 0.1) is 34.6 Å². The molecule has 2 aromatic rings. The molecule has 2 rings (SSSR count). The molecule has 0 saturated heterocycles. The number of nitrogens with two attached hydrogens (primary N) is 1. The molecule has 3 nitrogen and oxygen atoms in total. The average Bonchev–Trinajstić information content (AvgIpc) is 2.25. The van der Waals surface area contributed by atoms with Gasteiger partial charge >= 0.3 is 0 Å². The monoisotopic (exact) mass is 241 g/mol. The van der Waals surface area contributed by atoms with Gasteiger partial charge in [0.25, 0.3) is 0 Å². The minimum atomic E-state index is 0.524. The van der Waals surface area contributed by atoms with Crippen LogP contribution in [0.1, 0.15) is 27.9 Å². The molecule has 3 heteroatoms. The molecular weight excluding hydrogens is 222 g/mol. The minimum absolute atomic E-state index is 0.524. The molecule has 0 unspecified atom stereocenters. The average molecular weight is 241 g/mol. The third kappa shape index (κ3) is 2.08. The summed E-state index contributed by atoms with van der Waals surface area (Å²) in [5.74, 6) is 1.25. The summed E-state index contributed by atoms with van der Waals surface area (Å²) in [5.41, 5.74) is 12.8. The highest BCUT2D eigenvalue weighted by atomic mass is 14.9. The Labute approximate surface area is 108 Å². The van der Waals surface area contributed by atoms with Gasteiger partial charge in [-0.05, 0) is 56.9 Å². The van der Waals surface area contributed by atoms with Crippen LogP contribution in [0.25, 0.3) is 11.4 Å². The van der Waals surface area contributed by atoms with Crippen LogP contribution in [0.2, 0.25) is 0 Å². The molecule has 0 aliphatic carbocycles. The Balaban J connectivity index is 2.78. The van der Waals surface area contributed by atoms with Crippen molar-refractivity contribution in [1.82, 2.24) is 9.97 Å². The molecule has 0 spiro atoms. The van der Waals surface area contributed by atoms with Crippen molar-refractivity contribution in [2.45, 2.75) is 34.6 Å². The zero-order valence-electron chi connectivity index (χ0n) is 11.6. The topological polar surface area (TPSA) is 51.8 Å². The Morgan fingerprint density at radius 3 is 1.89 bits per heavy atom. The normalized spacial score (nSPS) is 10.7. The molecule has 94 valence electrons. The Morgan fingerprint density at radius 1 is 0.833 bits per heavy atom. The fourth-order valence-corrected chi connectivity index (χ4v) is 2.26. The molecule has 18 heavy (non-hydrogen) atoms. The van der Waals surface area contributed by atoms with E-state index in [1.165, 1.54) is 22.3 Å². The minimum Gasteiger partial charge on any atom is -0.384 e. The van der Waals surface area contributed by atoms with Gasteiger partial charge in [-0.2, -0.15) is 0 Å². The molecule has 0 aliphatic heterocycles. The van der Waals surface area contributed by atoms with Crippen molar-refractivity contribution in [2.24, 2.45) is 0 Å². The molecule has 1 aromatic carbocycles. The lowest BCUT2D eigenvalue weighted by atomic mass is 9.94. The van der Waals surface area contributed by atoms with Crippen LogP contribution in [-0.4, -0.2) is 9.97 Å². The summed E-state index contributed by atoms with van der Waals surface area (Å²) in [6, 6.07) is 3.99. The van der Waals surface area contributed by atoms with Gasteiger partial charge in [0.15, 0.2) is 5.82 Å². The SMILES string of the molecule is Cc1cc(N)nc(-c2c(C)c(C)cc(C)c2C)n1. The van der Waals surface area contributed by atoms with Gasteiger partial charge in [-0.3, -0.25) is 0 Å². The van der Waals surface area contributed by atoms with Gasteiger partial charge in [0.2, 0.25) is 0 Å². The number of hydrogen-bond acceptors (Lipinski definition) is 3. The van der Waals surface area contributed by atoms with Crippen LogP contribution < -0.4 is 5.73 Å². The molecule has 1 heterocycles. The molecule has 0 radical (unpaired) electrons. The van der Waals surface area contributed by atoms with Gasteiger partial charge in [-0.1, -0.05) is 6.07 Å². The number of benzene rings is 1. The molecule has 0 fully saturated rings. The van der Waals surface area contributed by atoms with E-state index in [9.17, 15) is 0 Å². The number of aromatic nitrogens is 2. The van der Waals surface area contributed by atoms with Gasteiger partial charge in [0, 0.05) is 17.3 Å². The van der Waals surface area contributed by atoms with E-state index in [4.69, 9.17) is 5.73 Å². The summed E-state index contributed by atoms with van der Waals surface area (Å²) in [6.45, 7) is 10.4. The van der Waals surface area contributed by atoms with Gasteiger partial charge in [-0.15, -0.1) is 0 Å². The van der Waals surface area contributed by atoms with E-state index in [2.05, 4.69) is 43.7 Å². The van der Waals surface area contributed by atoms with Crippen LogP contribution in [0.5, 0.6) is 0 Å². The Morgan fingerprint density at radius 2 is 1.39 bits per heavy atom. The van der Waals surface area contributed by atoms with E-state index < -0.39 is 0 Å². The Kier molecular flexibility index (Phi) is 3.07. The molecule has 0 bridgehead atoms. The highest BCUT2D eigenvalue weighted by molar-refractivity contribution is 5.68. The Bertz CT molecular complexity index is 569. The van der Waals surface area contributed by atoms with Crippen molar-refractivity contribution < 1.29 is 0 Å². The molecule has 0 aliphatic rings. The third-order valence-corrected chi connectivity index (χ3v) is 3.46. The highest BCUT2D eigenvalue weighted by Gasteiger charge is 2.13. The first-order chi connectivity index (χ1) is 8.40. The summed E-state index contributed by atoms with van der Waals surface area (Å²) < 4.78 is 0. The molecular formula is C15H19N3. The molecule has 0 amide bonds. The van der Waals surface area contributed by atoms with E-state index in [0.717, 1.165) is 17.1 Å². The maximum Gasteiger partial charge on any atom is 0.162 e. The third-order valence-electron chi connectivity index (χ3n) is 3.46. The number of nitrogens with zero attached hydrogens (tertiary/aromatic N) is 2. The summed E-state index contributed by atoms with van der Waals surface area (Å²) in [6.07, 6.45) is 0. The summed E-state index contributed by atoms with van der Waals surface area (Å²) >= 11 is 0. The zero-order chi connectivity index (χ0) is 13.4. The second-order valence-corrected chi connectivity index (χ2v) is 4.89. The summed E-state index contributed by atoms with van der Waals surface area (Å²) in [5, 5.41) is 0. The summed E-state index contributed by atoms with van der Waals surface area (Å²) in [7, 11) is 0. The molecule has 1 aromatic heterocycles. The summed E-state index contributed by atoms with van der Waals surface area (Å²) in [4.78, 5) is 8.89. The highest BCUT2D eigenvalue weighted by Crippen LogP contribution is 2.29. The first-order valence-electron chi connectivity index (χ1n) is 6.09. The van der Waals surface area contributed by atoms with Crippen LogP contribution in [-0.2, 0) is 0 Å². The molecule has 2 N–H and O–H groups in total. The fraction of sp³-hybridized carbons (Fsp3) is 0.333. The van der Waals surface area contributed by atoms with Crippen LogP contribution >= 0.6 is 0 Å². The van der Waals surface area contributed by atoms with Crippen molar-refractivity contribution in [3.05, 3.63) is 40.1 Å². The van der Waals surface area contributed by atoms with Crippen molar-refractivity contribution in [1.29, 1.82) is 0 Å². The quantitative estimate of drug-likeness (QED) is 0.833.